The van der Waals surface area contributed by atoms with Crippen molar-refractivity contribution < 1.29 is 4.79 Å². The number of rotatable bonds is 7. The fraction of sp³-hybridized carbons (Fsp3) is 0.393. The second kappa shape index (κ2) is 13.4. The Morgan fingerprint density at radius 3 is 2.28 bits per heavy atom. The van der Waals surface area contributed by atoms with Crippen LogP contribution in [0.25, 0.3) is 11.3 Å². The molecule has 2 heterocycles. The van der Waals surface area contributed by atoms with Crippen LogP contribution >= 0.6 is 0 Å². The number of hydrogen-bond donors (Lipinski definition) is 3. The van der Waals surface area contributed by atoms with Crippen molar-refractivity contribution in [2.75, 3.05) is 54.8 Å². The first kappa shape index (κ1) is 26.9. The van der Waals surface area contributed by atoms with Gasteiger partial charge in [-0.3, -0.25) is 0 Å². The molecule has 8 heteroatoms. The van der Waals surface area contributed by atoms with E-state index in [0.29, 0.717) is 12.5 Å². The number of anilines is 4. The van der Waals surface area contributed by atoms with Crippen molar-refractivity contribution in [2.24, 2.45) is 0 Å². The first-order chi connectivity index (χ1) is 17.6. The van der Waals surface area contributed by atoms with Crippen molar-refractivity contribution in [1.82, 2.24) is 20.2 Å². The van der Waals surface area contributed by atoms with Crippen molar-refractivity contribution in [3.05, 3.63) is 60.3 Å². The Hall–Kier alpha value is -3.65. The minimum atomic E-state index is -0.215. The third-order valence-electron chi connectivity index (χ3n) is 6.04. The van der Waals surface area contributed by atoms with Gasteiger partial charge >= 0.3 is 6.03 Å². The summed E-state index contributed by atoms with van der Waals surface area (Å²) in [6, 6.07) is 15.7. The summed E-state index contributed by atoms with van der Waals surface area (Å²) >= 11 is 0. The lowest BCUT2D eigenvalue weighted by molar-refractivity contribution is 0.252. The highest BCUT2D eigenvalue weighted by Crippen LogP contribution is 2.27. The average molecular weight is 490 g/mol. The van der Waals surface area contributed by atoms with Gasteiger partial charge in [0.1, 0.15) is 0 Å². The molecule has 1 saturated heterocycles. The lowest BCUT2D eigenvalue weighted by Crippen LogP contribution is -2.46. The van der Waals surface area contributed by atoms with Crippen LogP contribution in [0.2, 0.25) is 0 Å². The molecule has 0 spiro atoms. The monoisotopic (exact) mass is 489 g/mol. The van der Waals surface area contributed by atoms with Crippen molar-refractivity contribution in [3.63, 3.8) is 0 Å². The summed E-state index contributed by atoms with van der Waals surface area (Å²) in [4.78, 5) is 25.7. The van der Waals surface area contributed by atoms with Crippen LogP contribution in [0, 0.1) is 6.92 Å². The van der Waals surface area contributed by atoms with Gasteiger partial charge in [-0.15, -0.1) is 0 Å². The molecule has 0 bridgehead atoms. The maximum atomic E-state index is 11.7. The van der Waals surface area contributed by atoms with Crippen LogP contribution in [-0.4, -0.2) is 60.2 Å². The molecule has 1 aliphatic heterocycles. The number of carbonyl (C=O) groups excluding carboxylic acids is 1. The summed E-state index contributed by atoms with van der Waals surface area (Å²) in [5.74, 6) is 0.547. The molecule has 3 aromatic rings. The van der Waals surface area contributed by atoms with Gasteiger partial charge in [-0.2, -0.15) is 0 Å². The molecular formula is C28H39N7O. The highest BCUT2D eigenvalue weighted by Gasteiger charge is 2.17. The van der Waals surface area contributed by atoms with Gasteiger partial charge in [-0.05, 0) is 62.4 Å². The van der Waals surface area contributed by atoms with E-state index in [1.807, 2.05) is 51.1 Å². The molecule has 192 valence electrons. The Labute approximate surface area is 215 Å². The largest absolute Gasteiger partial charge is 0.369 e. The molecule has 0 unspecified atom stereocenters. The number of amides is 2. The molecule has 2 aromatic carbocycles. The van der Waals surface area contributed by atoms with E-state index in [-0.39, 0.29) is 6.03 Å². The highest BCUT2D eigenvalue weighted by molar-refractivity contribution is 5.89. The zero-order valence-corrected chi connectivity index (χ0v) is 22.1. The van der Waals surface area contributed by atoms with E-state index < -0.39 is 0 Å². The van der Waals surface area contributed by atoms with Crippen LogP contribution in [0.1, 0.15) is 33.3 Å². The molecule has 1 fully saturated rings. The van der Waals surface area contributed by atoms with E-state index in [0.717, 1.165) is 55.4 Å². The van der Waals surface area contributed by atoms with E-state index in [9.17, 15) is 4.79 Å². The third kappa shape index (κ3) is 7.18. The molecule has 2 amide bonds. The number of urea groups is 1. The van der Waals surface area contributed by atoms with Crippen molar-refractivity contribution in [2.45, 2.75) is 34.6 Å². The molecule has 8 nitrogen and oxygen atoms in total. The van der Waals surface area contributed by atoms with Crippen LogP contribution < -0.4 is 20.9 Å². The summed E-state index contributed by atoms with van der Waals surface area (Å²) in [5.41, 5.74) is 5.98. The molecule has 0 atom stereocenters. The maximum absolute atomic E-state index is 11.7. The molecule has 1 aromatic heterocycles. The standard InChI is InChI=1S/C26H33N7O.C2H6/c1-4-27-26(34)30-21-8-6-20(7-9-21)23-12-13-28-25(31-23)29-22-10-11-24(19(3)18-22)33-16-14-32(5-2)15-17-33;1-2/h6-13,18H,4-5,14-17H2,1-3H3,(H2,27,30,34)(H,28,29,31);1-2H3. The van der Waals surface area contributed by atoms with Gasteiger partial charge < -0.3 is 25.8 Å². The summed E-state index contributed by atoms with van der Waals surface area (Å²) in [5, 5.41) is 8.86. The Balaban J connectivity index is 0.00000176. The van der Waals surface area contributed by atoms with Crippen LogP contribution in [0.4, 0.5) is 27.8 Å². The zero-order chi connectivity index (χ0) is 25.9. The molecule has 36 heavy (non-hydrogen) atoms. The first-order valence-electron chi connectivity index (χ1n) is 12.9. The lowest BCUT2D eigenvalue weighted by atomic mass is 10.1. The molecule has 3 N–H and O–H groups in total. The molecule has 0 radical (unpaired) electrons. The van der Waals surface area contributed by atoms with E-state index >= 15 is 0 Å². The highest BCUT2D eigenvalue weighted by atomic mass is 16.2. The van der Waals surface area contributed by atoms with Crippen LogP contribution in [0.5, 0.6) is 0 Å². The van der Waals surface area contributed by atoms with E-state index in [1.54, 1.807) is 6.20 Å². The van der Waals surface area contributed by atoms with Crippen LogP contribution in [0.15, 0.2) is 54.7 Å². The Morgan fingerprint density at radius 2 is 1.64 bits per heavy atom. The summed E-state index contributed by atoms with van der Waals surface area (Å²) in [6.07, 6.45) is 1.75. The Bertz CT molecular complexity index is 1110. The number of benzene rings is 2. The second-order valence-electron chi connectivity index (χ2n) is 8.37. The third-order valence-corrected chi connectivity index (χ3v) is 6.04. The second-order valence-corrected chi connectivity index (χ2v) is 8.37. The minimum Gasteiger partial charge on any atom is -0.369 e. The Kier molecular flexibility index (Phi) is 10.1. The number of carbonyl (C=O) groups is 1. The molecule has 0 aliphatic carbocycles. The average Bonchev–Trinajstić information content (AvgIpc) is 2.91. The van der Waals surface area contributed by atoms with Gasteiger partial charge in [0.15, 0.2) is 0 Å². The number of nitrogens with one attached hydrogen (secondary N) is 3. The minimum absolute atomic E-state index is 0.215. The number of likely N-dealkylation sites (N-methyl/N-ethyl adjacent to an activating group) is 1. The van der Waals surface area contributed by atoms with E-state index in [1.165, 1.54) is 11.3 Å². The van der Waals surface area contributed by atoms with Crippen molar-refractivity contribution in [3.8, 4) is 11.3 Å². The van der Waals surface area contributed by atoms with Gasteiger partial charge in [-0.25, -0.2) is 14.8 Å². The first-order valence-corrected chi connectivity index (χ1v) is 12.9. The quantitative estimate of drug-likeness (QED) is 0.406. The van der Waals surface area contributed by atoms with E-state index in [4.69, 9.17) is 0 Å². The van der Waals surface area contributed by atoms with Gasteiger partial charge in [0, 0.05) is 61.5 Å². The predicted molar refractivity (Wildman–Crippen MR) is 150 cm³/mol. The van der Waals surface area contributed by atoms with Gasteiger partial charge in [0.25, 0.3) is 0 Å². The van der Waals surface area contributed by atoms with Crippen molar-refractivity contribution >= 4 is 29.0 Å². The fourth-order valence-electron chi connectivity index (χ4n) is 4.16. The zero-order valence-electron chi connectivity index (χ0n) is 22.1. The van der Waals surface area contributed by atoms with Crippen LogP contribution in [-0.2, 0) is 0 Å². The Morgan fingerprint density at radius 1 is 0.944 bits per heavy atom. The molecule has 4 rings (SSSR count). The lowest BCUT2D eigenvalue weighted by Gasteiger charge is -2.36. The van der Waals surface area contributed by atoms with Gasteiger partial charge in [-0.1, -0.05) is 32.9 Å². The van der Waals surface area contributed by atoms with E-state index in [2.05, 4.69) is 67.8 Å². The number of nitrogens with zero attached hydrogens (tertiary/aromatic N) is 4. The summed E-state index contributed by atoms with van der Waals surface area (Å²) in [7, 11) is 0. The summed E-state index contributed by atoms with van der Waals surface area (Å²) in [6.45, 7) is 16.3. The maximum Gasteiger partial charge on any atom is 0.319 e. The number of aryl methyl sites for hydroxylation is 1. The van der Waals surface area contributed by atoms with Gasteiger partial charge in [0.05, 0.1) is 5.69 Å². The van der Waals surface area contributed by atoms with Crippen molar-refractivity contribution in [1.29, 1.82) is 0 Å². The number of aromatic nitrogens is 2. The fourth-order valence-corrected chi connectivity index (χ4v) is 4.16. The van der Waals surface area contributed by atoms with Gasteiger partial charge in [0.2, 0.25) is 5.95 Å². The normalized spacial score (nSPS) is 13.4. The molecular weight excluding hydrogens is 450 g/mol. The molecule has 0 saturated carbocycles. The topological polar surface area (TPSA) is 85.4 Å². The smallest absolute Gasteiger partial charge is 0.319 e. The summed E-state index contributed by atoms with van der Waals surface area (Å²) < 4.78 is 0. The SMILES string of the molecule is CC.CCNC(=O)Nc1ccc(-c2ccnc(Nc3ccc(N4CCN(CC)CC4)c(C)c3)n2)cc1. The molecule has 1 aliphatic rings. The van der Waals surface area contributed by atoms with Crippen LogP contribution in [0.3, 0.4) is 0 Å². The number of hydrogen-bond acceptors (Lipinski definition) is 6. The number of piperazine rings is 1. The predicted octanol–water partition coefficient (Wildman–Crippen LogP) is 5.51.